The molecule has 18 nitrogen and oxygen atoms in total. The van der Waals surface area contributed by atoms with Crippen LogP contribution in [0, 0.1) is 22.9 Å². The fraction of sp³-hybridized carbons (Fsp3) is 0.800. The molecule has 0 N–H and O–H groups in total. The zero-order chi connectivity index (χ0) is 51.2. The van der Waals surface area contributed by atoms with Gasteiger partial charge in [0.15, 0.2) is 0 Å². The molecule has 1 aromatic rings. The quantitative estimate of drug-likeness (QED) is 0.0511. The van der Waals surface area contributed by atoms with Gasteiger partial charge in [-0.3, -0.25) is 0 Å². The molecule has 0 saturated carbocycles. The second-order valence-electron chi connectivity index (χ2n) is 17.5. The molecule has 0 spiro atoms. The Morgan fingerprint density at radius 1 is 0.314 bits per heavy atom. The number of methoxy groups -OCH3 is 4. The normalized spacial score (nSPS) is 11.8. The highest BCUT2D eigenvalue weighted by Gasteiger charge is 2.21. The Bertz CT molecular complexity index is 1330. The maximum Gasteiger partial charge on any atom is 0.145 e. The molecule has 70 heavy (non-hydrogen) atoms. The lowest BCUT2D eigenvalue weighted by Gasteiger charge is -2.23. The van der Waals surface area contributed by atoms with Crippen molar-refractivity contribution in [2.75, 3.05) is 213 Å². The summed E-state index contributed by atoms with van der Waals surface area (Å²) >= 11 is 0. The fourth-order valence-corrected chi connectivity index (χ4v) is 6.26. The van der Waals surface area contributed by atoms with E-state index in [0.29, 0.717) is 181 Å². The number of hydrogen-bond acceptors (Lipinski definition) is 18. The summed E-state index contributed by atoms with van der Waals surface area (Å²) in [4.78, 5) is 0. The van der Waals surface area contributed by atoms with Crippen molar-refractivity contribution in [2.24, 2.45) is 0 Å². The minimum absolute atomic E-state index is 0.225. The summed E-state index contributed by atoms with van der Waals surface area (Å²) in [6.45, 7) is 24.9. The van der Waals surface area contributed by atoms with Crippen LogP contribution in [0.5, 0.6) is 11.5 Å². The van der Waals surface area contributed by atoms with E-state index in [1.54, 1.807) is 28.4 Å². The first-order valence-corrected chi connectivity index (χ1v) is 31.4. The van der Waals surface area contributed by atoms with Crippen molar-refractivity contribution in [1.82, 2.24) is 0 Å². The van der Waals surface area contributed by atoms with E-state index >= 15 is 0 Å². The van der Waals surface area contributed by atoms with Gasteiger partial charge < -0.3 is 85.3 Å². The van der Waals surface area contributed by atoms with Gasteiger partial charge in [-0.15, -0.1) is 11.1 Å². The van der Waals surface area contributed by atoms with Crippen molar-refractivity contribution in [3.8, 4) is 34.4 Å². The first-order valence-electron chi connectivity index (χ1n) is 24.4. The Morgan fingerprint density at radius 3 is 0.714 bits per heavy atom. The minimum atomic E-state index is -1.86. The maximum absolute atomic E-state index is 6.78. The van der Waals surface area contributed by atoms with Crippen LogP contribution in [0.25, 0.3) is 0 Å². The molecule has 0 radical (unpaired) electrons. The van der Waals surface area contributed by atoms with E-state index in [0.717, 1.165) is 0 Å². The van der Waals surface area contributed by atoms with Crippen LogP contribution in [0.4, 0.5) is 0 Å². The van der Waals surface area contributed by atoms with Crippen LogP contribution in [-0.2, 0) is 75.8 Å². The summed E-state index contributed by atoms with van der Waals surface area (Å²) in [6, 6.07) is 3.82. The highest BCUT2D eigenvalue weighted by Crippen LogP contribution is 2.31. The van der Waals surface area contributed by atoms with Gasteiger partial charge in [0.2, 0.25) is 0 Å². The lowest BCUT2D eigenvalue weighted by Crippen LogP contribution is -2.31. The van der Waals surface area contributed by atoms with Crippen LogP contribution in [0.15, 0.2) is 12.1 Å². The molecule has 406 valence electrons. The zero-order valence-electron chi connectivity index (χ0n) is 44.5. The fourth-order valence-electron chi connectivity index (χ4n) is 5.24. The second kappa shape index (κ2) is 45.4. The van der Waals surface area contributed by atoms with E-state index in [2.05, 4.69) is 62.2 Å². The van der Waals surface area contributed by atoms with Gasteiger partial charge in [-0.2, -0.15) is 0 Å². The van der Waals surface area contributed by atoms with Crippen molar-refractivity contribution in [3.63, 3.8) is 0 Å². The van der Waals surface area contributed by atoms with E-state index in [9.17, 15) is 0 Å². The summed E-state index contributed by atoms with van der Waals surface area (Å²) in [5, 5.41) is 0. The number of benzene rings is 1. The van der Waals surface area contributed by atoms with E-state index in [1.807, 2.05) is 12.1 Å². The van der Waals surface area contributed by atoms with Crippen LogP contribution < -0.4 is 9.47 Å². The predicted molar refractivity (Wildman–Crippen MR) is 273 cm³/mol. The van der Waals surface area contributed by atoms with Crippen molar-refractivity contribution >= 4 is 16.1 Å². The molecule has 0 saturated heterocycles. The third kappa shape index (κ3) is 41.2. The van der Waals surface area contributed by atoms with Gasteiger partial charge in [0.25, 0.3) is 0 Å². The van der Waals surface area contributed by atoms with Crippen LogP contribution in [0.1, 0.15) is 11.1 Å². The third-order valence-corrected chi connectivity index (χ3v) is 10.5. The molecule has 20 heteroatoms. The van der Waals surface area contributed by atoms with Crippen molar-refractivity contribution in [1.29, 1.82) is 0 Å². The van der Waals surface area contributed by atoms with E-state index in [4.69, 9.17) is 85.3 Å². The Morgan fingerprint density at radius 2 is 0.514 bits per heavy atom. The SMILES string of the molecule is COCCOCCOCCOCC(COCCOCCOCCOC)Oc1cc(C#C[Si](C)(C)C)c(OC(COCCOCCOCCOC)COCCOCCOCCOC)cc1C#C[Si](C)(C)C. The van der Waals surface area contributed by atoms with Crippen molar-refractivity contribution < 1.29 is 85.3 Å². The lowest BCUT2D eigenvalue weighted by atomic mass is 10.1. The van der Waals surface area contributed by atoms with Crippen molar-refractivity contribution in [3.05, 3.63) is 23.3 Å². The van der Waals surface area contributed by atoms with Crippen LogP contribution in [0.2, 0.25) is 39.3 Å². The molecule has 0 aromatic heterocycles. The molecule has 0 heterocycles. The smallest absolute Gasteiger partial charge is 0.145 e. The molecule has 0 atom stereocenters. The topological polar surface area (TPSA) is 166 Å². The summed E-state index contributed by atoms with van der Waals surface area (Å²) in [7, 11) is 2.85. The van der Waals surface area contributed by atoms with E-state index in [1.165, 1.54) is 0 Å². The van der Waals surface area contributed by atoms with Crippen LogP contribution >= 0.6 is 0 Å². The predicted octanol–water partition coefficient (Wildman–Crippen LogP) is 4.42. The van der Waals surface area contributed by atoms with E-state index < -0.39 is 28.4 Å². The first kappa shape index (κ1) is 65.7. The molecular weight excluding hydrogens is 945 g/mol. The minimum Gasteiger partial charge on any atom is -0.484 e. The Hall–Kier alpha value is -2.27. The summed E-state index contributed by atoms with van der Waals surface area (Å²) < 4.78 is 103. The largest absolute Gasteiger partial charge is 0.484 e. The van der Waals surface area contributed by atoms with Gasteiger partial charge in [-0.25, -0.2) is 0 Å². The molecule has 0 unspecified atom stereocenters. The summed E-state index contributed by atoms with van der Waals surface area (Å²) in [6.07, 6.45) is -1.03. The molecule has 0 aliphatic heterocycles. The molecule has 0 fully saturated rings. The standard InChI is InChI=1S/C50H90O18Si2/c1-51-13-17-55-21-25-59-29-33-63-41-47(42-64-34-30-60-26-22-56-18-14-52-2)67-49-39-46(12-38-70(8,9)10)50(40-45(49)11-37-69(5,6)7)68-48(43-65-35-31-61-27-23-57-19-15-53-3)44-66-36-32-62-28-24-58-20-16-54-4/h39-40,47-48H,13-36,41-44H2,1-10H3. The summed E-state index contributed by atoms with van der Waals surface area (Å²) in [5.41, 5.74) is 8.33. The molecule has 0 aliphatic rings. The third-order valence-electron chi connectivity index (χ3n) is 8.73. The molecule has 0 bridgehead atoms. The van der Waals surface area contributed by atoms with Gasteiger partial charge >= 0.3 is 0 Å². The number of hydrogen-bond donors (Lipinski definition) is 0. The molecule has 0 aliphatic carbocycles. The highest BCUT2D eigenvalue weighted by molar-refractivity contribution is 6.84. The molecule has 1 rings (SSSR count). The summed E-state index contributed by atoms with van der Waals surface area (Å²) in [5.74, 6) is 7.96. The van der Waals surface area contributed by atoms with Gasteiger partial charge in [0.1, 0.15) is 39.9 Å². The molecular formula is C50H90O18Si2. The van der Waals surface area contributed by atoms with Gasteiger partial charge in [0, 0.05) is 40.6 Å². The maximum atomic E-state index is 6.78. The highest BCUT2D eigenvalue weighted by atomic mass is 28.3. The second-order valence-corrected chi connectivity index (χ2v) is 27.0. The zero-order valence-corrected chi connectivity index (χ0v) is 46.5. The molecule has 0 amide bonds. The lowest BCUT2D eigenvalue weighted by molar-refractivity contribution is -0.0415. The average Bonchev–Trinajstić information content (AvgIpc) is 3.32. The average molecular weight is 1040 g/mol. The Kier molecular flexibility index (Phi) is 42.6. The first-order chi connectivity index (χ1) is 33.9. The number of ether oxygens (including phenoxy) is 18. The monoisotopic (exact) mass is 1030 g/mol. The van der Waals surface area contributed by atoms with Gasteiger partial charge in [-0.1, -0.05) is 51.1 Å². The van der Waals surface area contributed by atoms with Gasteiger partial charge in [0.05, 0.1) is 196 Å². The van der Waals surface area contributed by atoms with Crippen LogP contribution in [-0.4, -0.2) is 242 Å². The van der Waals surface area contributed by atoms with E-state index in [-0.39, 0.29) is 26.4 Å². The Labute approximate surface area is 422 Å². The molecule has 1 aromatic carbocycles. The van der Waals surface area contributed by atoms with Crippen molar-refractivity contribution in [2.45, 2.75) is 51.5 Å². The number of rotatable bonds is 48. The van der Waals surface area contributed by atoms with Gasteiger partial charge in [-0.05, 0) is 0 Å². The Balaban J connectivity index is 3.38. The van der Waals surface area contributed by atoms with Crippen LogP contribution in [0.3, 0.4) is 0 Å².